The number of aromatic nitrogens is 4. The maximum Gasteiger partial charge on any atom is 0.257 e. The van der Waals surface area contributed by atoms with Crippen LogP contribution in [-0.4, -0.2) is 44.2 Å². The van der Waals surface area contributed by atoms with Gasteiger partial charge in [0.1, 0.15) is 0 Å². The van der Waals surface area contributed by atoms with Crippen molar-refractivity contribution >= 4 is 5.91 Å². The maximum absolute atomic E-state index is 12.5. The van der Waals surface area contributed by atoms with Crippen molar-refractivity contribution in [3.8, 4) is 0 Å². The van der Waals surface area contributed by atoms with E-state index in [0.29, 0.717) is 23.8 Å². The van der Waals surface area contributed by atoms with Crippen LogP contribution in [0.5, 0.6) is 0 Å². The summed E-state index contributed by atoms with van der Waals surface area (Å²) in [5.74, 6) is 1.40. The second-order valence-corrected chi connectivity index (χ2v) is 5.18. The fourth-order valence-electron chi connectivity index (χ4n) is 2.58. The molecule has 1 N–H and O–H groups in total. The molecule has 3 heterocycles. The Bertz CT molecular complexity index is 618. The van der Waals surface area contributed by atoms with E-state index < -0.39 is 0 Å². The lowest BCUT2D eigenvalue weighted by Crippen LogP contribution is -2.39. The molecule has 1 unspecified atom stereocenters. The molecular formula is C13H17N5O2. The van der Waals surface area contributed by atoms with Crippen LogP contribution in [0.4, 0.5) is 0 Å². The van der Waals surface area contributed by atoms with Gasteiger partial charge in [0.25, 0.3) is 5.91 Å². The Morgan fingerprint density at radius 1 is 1.50 bits per heavy atom. The predicted octanol–water partition coefficient (Wildman–Crippen LogP) is 1.43. The number of rotatable bonds is 2. The number of piperidine rings is 1. The summed E-state index contributed by atoms with van der Waals surface area (Å²) < 4.78 is 5.23. The van der Waals surface area contributed by atoms with Crippen molar-refractivity contribution in [2.45, 2.75) is 32.6 Å². The fourth-order valence-corrected chi connectivity index (χ4v) is 2.58. The summed E-state index contributed by atoms with van der Waals surface area (Å²) in [6.45, 7) is 5.02. The number of amides is 1. The van der Waals surface area contributed by atoms with Gasteiger partial charge in [-0.25, -0.2) is 0 Å². The third kappa shape index (κ3) is 2.31. The van der Waals surface area contributed by atoms with E-state index in [0.717, 1.165) is 25.1 Å². The number of aryl methyl sites for hydroxylation is 2. The first-order valence-electron chi connectivity index (χ1n) is 6.74. The predicted molar refractivity (Wildman–Crippen MR) is 70.2 cm³/mol. The molecule has 1 aliphatic heterocycles. The summed E-state index contributed by atoms with van der Waals surface area (Å²) in [6.07, 6.45) is 3.49. The van der Waals surface area contributed by atoms with Gasteiger partial charge < -0.3 is 9.42 Å². The molecular weight excluding hydrogens is 258 g/mol. The van der Waals surface area contributed by atoms with E-state index in [1.54, 1.807) is 13.1 Å². The molecule has 1 aliphatic rings. The van der Waals surface area contributed by atoms with Gasteiger partial charge in [-0.1, -0.05) is 5.16 Å². The van der Waals surface area contributed by atoms with Crippen LogP contribution < -0.4 is 0 Å². The molecule has 2 aromatic rings. The van der Waals surface area contributed by atoms with E-state index in [4.69, 9.17) is 4.52 Å². The minimum atomic E-state index is 0.0113. The summed E-state index contributed by atoms with van der Waals surface area (Å²) in [5, 5.41) is 10.5. The Labute approximate surface area is 116 Å². The molecule has 0 saturated carbocycles. The molecule has 1 saturated heterocycles. The van der Waals surface area contributed by atoms with E-state index in [9.17, 15) is 4.79 Å². The van der Waals surface area contributed by atoms with Gasteiger partial charge >= 0.3 is 0 Å². The lowest BCUT2D eigenvalue weighted by molar-refractivity contribution is 0.0695. The average molecular weight is 275 g/mol. The zero-order valence-electron chi connectivity index (χ0n) is 11.6. The zero-order chi connectivity index (χ0) is 14.1. The van der Waals surface area contributed by atoms with E-state index in [2.05, 4.69) is 20.3 Å². The average Bonchev–Trinajstić information content (AvgIpc) is 3.07. The zero-order valence-corrected chi connectivity index (χ0v) is 11.6. The minimum Gasteiger partial charge on any atom is -0.339 e. The van der Waals surface area contributed by atoms with Crippen molar-refractivity contribution in [3.05, 3.63) is 29.2 Å². The van der Waals surface area contributed by atoms with E-state index >= 15 is 0 Å². The van der Waals surface area contributed by atoms with E-state index in [1.807, 2.05) is 11.8 Å². The number of hydrogen-bond donors (Lipinski definition) is 1. The summed E-state index contributed by atoms with van der Waals surface area (Å²) in [6, 6.07) is 0. The molecule has 106 valence electrons. The van der Waals surface area contributed by atoms with E-state index in [1.165, 1.54) is 0 Å². The Kier molecular flexibility index (Phi) is 3.25. The molecule has 0 spiro atoms. The molecule has 7 nitrogen and oxygen atoms in total. The van der Waals surface area contributed by atoms with Gasteiger partial charge in [-0.15, -0.1) is 0 Å². The number of hydrogen-bond acceptors (Lipinski definition) is 5. The first-order valence-corrected chi connectivity index (χ1v) is 6.74. The summed E-state index contributed by atoms with van der Waals surface area (Å²) in [5.41, 5.74) is 1.43. The van der Waals surface area contributed by atoms with Gasteiger partial charge in [0, 0.05) is 18.8 Å². The van der Waals surface area contributed by atoms with Crippen molar-refractivity contribution in [1.82, 2.24) is 25.2 Å². The van der Waals surface area contributed by atoms with Gasteiger partial charge in [-0.3, -0.25) is 9.89 Å². The number of carbonyl (C=O) groups excluding carboxylic acids is 1. The van der Waals surface area contributed by atoms with Gasteiger partial charge in [-0.05, 0) is 26.7 Å². The lowest BCUT2D eigenvalue weighted by atomic mass is 9.97. The Morgan fingerprint density at radius 2 is 2.35 bits per heavy atom. The molecule has 20 heavy (non-hydrogen) atoms. The fraction of sp³-hybridized carbons (Fsp3) is 0.538. The van der Waals surface area contributed by atoms with Crippen LogP contribution in [0.25, 0.3) is 0 Å². The van der Waals surface area contributed by atoms with Crippen LogP contribution in [0.15, 0.2) is 10.7 Å². The third-order valence-electron chi connectivity index (χ3n) is 3.66. The monoisotopic (exact) mass is 275 g/mol. The van der Waals surface area contributed by atoms with Crippen molar-refractivity contribution in [3.63, 3.8) is 0 Å². The molecule has 0 radical (unpaired) electrons. The van der Waals surface area contributed by atoms with Crippen LogP contribution in [0.3, 0.4) is 0 Å². The number of H-pyrrole nitrogens is 1. The quantitative estimate of drug-likeness (QED) is 0.895. The molecule has 0 aromatic carbocycles. The van der Waals surface area contributed by atoms with E-state index in [-0.39, 0.29) is 11.8 Å². The highest BCUT2D eigenvalue weighted by molar-refractivity contribution is 5.95. The van der Waals surface area contributed by atoms with Crippen molar-refractivity contribution in [2.75, 3.05) is 13.1 Å². The highest BCUT2D eigenvalue weighted by Crippen LogP contribution is 2.26. The molecule has 1 amide bonds. The molecule has 1 fully saturated rings. The first kappa shape index (κ1) is 12.8. The Balaban J connectivity index is 1.75. The number of likely N-dealkylation sites (tertiary alicyclic amines) is 1. The van der Waals surface area contributed by atoms with Gasteiger partial charge in [0.15, 0.2) is 5.82 Å². The maximum atomic E-state index is 12.5. The highest BCUT2D eigenvalue weighted by Gasteiger charge is 2.29. The van der Waals surface area contributed by atoms with Crippen molar-refractivity contribution in [2.24, 2.45) is 0 Å². The summed E-state index contributed by atoms with van der Waals surface area (Å²) >= 11 is 0. The normalized spacial score (nSPS) is 19.3. The third-order valence-corrected chi connectivity index (χ3v) is 3.66. The molecule has 3 rings (SSSR count). The second kappa shape index (κ2) is 5.07. The molecule has 1 atom stereocenters. The summed E-state index contributed by atoms with van der Waals surface area (Å²) in [4.78, 5) is 18.6. The van der Waals surface area contributed by atoms with Crippen molar-refractivity contribution < 1.29 is 9.32 Å². The lowest BCUT2D eigenvalue weighted by Gasteiger charge is -2.30. The standard InChI is InChI=1S/C13H17N5O2/c1-8-11(6-14-16-8)13(19)18-5-3-4-10(7-18)12-15-9(2)17-20-12/h6,10H,3-5,7H2,1-2H3,(H,14,16). The molecule has 7 heteroatoms. The number of carbonyl (C=O) groups is 1. The first-order chi connectivity index (χ1) is 9.65. The van der Waals surface area contributed by atoms with Gasteiger partial charge in [-0.2, -0.15) is 10.1 Å². The Morgan fingerprint density at radius 3 is 3.00 bits per heavy atom. The highest BCUT2D eigenvalue weighted by atomic mass is 16.5. The minimum absolute atomic E-state index is 0.0113. The van der Waals surface area contributed by atoms with Crippen LogP contribution in [0.1, 0.15) is 46.5 Å². The van der Waals surface area contributed by atoms with Crippen molar-refractivity contribution in [1.29, 1.82) is 0 Å². The van der Waals surface area contributed by atoms with Crippen LogP contribution in [0.2, 0.25) is 0 Å². The molecule has 2 aromatic heterocycles. The largest absolute Gasteiger partial charge is 0.339 e. The van der Waals surface area contributed by atoms with Gasteiger partial charge in [0.2, 0.25) is 5.89 Å². The van der Waals surface area contributed by atoms with Crippen LogP contribution in [0, 0.1) is 13.8 Å². The van der Waals surface area contributed by atoms with Gasteiger partial charge in [0.05, 0.1) is 17.7 Å². The smallest absolute Gasteiger partial charge is 0.257 e. The number of aromatic amines is 1. The van der Waals surface area contributed by atoms with Crippen LogP contribution >= 0.6 is 0 Å². The number of nitrogens with one attached hydrogen (secondary N) is 1. The number of nitrogens with zero attached hydrogens (tertiary/aromatic N) is 4. The summed E-state index contributed by atoms with van der Waals surface area (Å²) in [7, 11) is 0. The Hall–Kier alpha value is -2.18. The molecule has 0 aliphatic carbocycles. The topological polar surface area (TPSA) is 87.9 Å². The molecule has 0 bridgehead atoms. The second-order valence-electron chi connectivity index (χ2n) is 5.18. The SMILES string of the molecule is Cc1noc(C2CCCN(C(=O)c3cn[nH]c3C)C2)n1. The van der Waals surface area contributed by atoms with Crippen LogP contribution in [-0.2, 0) is 0 Å².